The van der Waals surface area contributed by atoms with Crippen LogP contribution in [0.25, 0.3) is 17.5 Å². The van der Waals surface area contributed by atoms with Gasteiger partial charge in [-0.05, 0) is 40.3 Å². The molecule has 0 unspecified atom stereocenters. The van der Waals surface area contributed by atoms with Gasteiger partial charge in [0.05, 0.1) is 16.2 Å². The molecule has 1 fully saturated rings. The molecule has 1 aliphatic rings. The Labute approximate surface area is 171 Å². The number of benzene rings is 2. The molecule has 29 heavy (non-hydrogen) atoms. The van der Waals surface area contributed by atoms with Gasteiger partial charge in [0.25, 0.3) is 5.91 Å². The average Bonchev–Trinajstić information content (AvgIpc) is 3.31. The molecule has 6 nitrogen and oxygen atoms in total. The molecule has 0 radical (unpaired) electrons. The van der Waals surface area contributed by atoms with Gasteiger partial charge >= 0.3 is 6.18 Å². The second-order valence-corrected chi connectivity index (χ2v) is 7.61. The first kappa shape index (κ1) is 19.3. The Balaban J connectivity index is 1.60. The Morgan fingerprint density at radius 1 is 1.14 bits per heavy atom. The number of alkyl halides is 3. The number of nitrogens with zero attached hydrogens (tertiary/aromatic N) is 4. The summed E-state index contributed by atoms with van der Waals surface area (Å²) in [5.41, 5.74) is 0.735. The van der Waals surface area contributed by atoms with Crippen LogP contribution in [0.3, 0.4) is 0 Å². The Morgan fingerprint density at radius 3 is 2.55 bits per heavy atom. The molecule has 11 heteroatoms. The molecule has 0 spiro atoms. The molecular weight excluding hydrogens is 423 g/mol. The van der Waals surface area contributed by atoms with E-state index in [0.717, 1.165) is 39.9 Å². The van der Waals surface area contributed by atoms with Crippen LogP contribution in [0.1, 0.15) is 11.1 Å². The lowest BCUT2D eigenvalue weighted by Gasteiger charge is -2.16. The number of hydrogen-bond acceptors (Lipinski definition) is 6. The number of tetrazole rings is 1. The number of anilines is 1. The van der Waals surface area contributed by atoms with Crippen molar-refractivity contribution >= 4 is 46.0 Å². The predicted molar refractivity (Wildman–Crippen MR) is 107 cm³/mol. The topological polar surface area (TPSA) is 74.8 Å². The highest BCUT2D eigenvalue weighted by molar-refractivity contribution is 8.27. The van der Waals surface area contributed by atoms with Gasteiger partial charge in [-0.3, -0.25) is 9.69 Å². The second kappa shape index (κ2) is 7.41. The lowest BCUT2D eigenvalue weighted by atomic mass is 10.1. The first-order valence-electron chi connectivity index (χ1n) is 8.12. The lowest BCUT2D eigenvalue weighted by molar-refractivity contribution is -0.137. The van der Waals surface area contributed by atoms with Gasteiger partial charge in [0.2, 0.25) is 0 Å². The van der Waals surface area contributed by atoms with Gasteiger partial charge in [-0.25, -0.2) is 5.10 Å². The average molecular weight is 433 g/mol. The standard InChI is InChI=1S/C18H10F3N5OS2/c19-18(20,21)12-2-1-3-13(9-12)26-16(27)14(29-17(26)28)8-10-4-6-11(7-5-10)15-22-24-25-23-15/h1-9H,(H,22,23,24,25)/b14-8-. The van der Waals surface area contributed by atoms with E-state index in [4.69, 9.17) is 12.2 Å². The van der Waals surface area contributed by atoms with Gasteiger partial charge in [0, 0.05) is 5.56 Å². The number of hydrogen-bond donors (Lipinski definition) is 1. The van der Waals surface area contributed by atoms with Crippen LogP contribution in [0.15, 0.2) is 53.4 Å². The fourth-order valence-electron chi connectivity index (χ4n) is 2.68. The van der Waals surface area contributed by atoms with E-state index in [1.165, 1.54) is 12.1 Å². The minimum Gasteiger partial charge on any atom is -0.268 e. The van der Waals surface area contributed by atoms with Crippen molar-refractivity contribution in [3.05, 3.63) is 64.6 Å². The van der Waals surface area contributed by atoms with Crippen molar-refractivity contribution in [2.24, 2.45) is 0 Å². The van der Waals surface area contributed by atoms with Crippen LogP contribution in [-0.2, 0) is 11.0 Å². The Hall–Kier alpha value is -3.05. The van der Waals surface area contributed by atoms with Gasteiger partial charge < -0.3 is 0 Å². The molecule has 2 aromatic carbocycles. The molecule has 1 saturated heterocycles. The van der Waals surface area contributed by atoms with Crippen molar-refractivity contribution in [1.29, 1.82) is 0 Å². The van der Waals surface area contributed by atoms with Crippen molar-refractivity contribution in [3.63, 3.8) is 0 Å². The van der Waals surface area contributed by atoms with E-state index >= 15 is 0 Å². The zero-order chi connectivity index (χ0) is 20.6. The monoisotopic (exact) mass is 433 g/mol. The van der Waals surface area contributed by atoms with Crippen LogP contribution in [0.5, 0.6) is 0 Å². The summed E-state index contributed by atoms with van der Waals surface area (Å²) < 4.78 is 39.1. The largest absolute Gasteiger partial charge is 0.416 e. The Kier molecular flexibility index (Phi) is 4.92. The van der Waals surface area contributed by atoms with Crippen molar-refractivity contribution < 1.29 is 18.0 Å². The number of amides is 1. The summed E-state index contributed by atoms with van der Waals surface area (Å²) in [5.74, 6) is 0.0373. The summed E-state index contributed by atoms with van der Waals surface area (Å²) in [6, 6.07) is 11.6. The Morgan fingerprint density at radius 2 is 1.90 bits per heavy atom. The maximum Gasteiger partial charge on any atom is 0.416 e. The lowest BCUT2D eigenvalue weighted by Crippen LogP contribution is -2.27. The SMILES string of the molecule is O=C1/C(=C/c2ccc(-c3nnn[nH]3)cc2)SC(=S)N1c1cccc(C(F)(F)F)c1. The number of carbonyl (C=O) groups is 1. The third-order valence-electron chi connectivity index (χ3n) is 4.05. The van der Waals surface area contributed by atoms with Crippen LogP contribution < -0.4 is 4.90 Å². The molecular formula is C18H10F3N5OS2. The van der Waals surface area contributed by atoms with Crippen LogP contribution >= 0.6 is 24.0 Å². The first-order chi connectivity index (χ1) is 13.8. The highest BCUT2D eigenvalue weighted by atomic mass is 32.2. The van der Waals surface area contributed by atoms with Crippen LogP contribution in [0, 0.1) is 0 Å². The van der Waals surface area contributed by atoms with Crippen LogP contribution in [0.4, 0.5) is 18.9 Å². The van der Waals surface area contributed by atoms with Gasteiger partial charge in [0.15, 0.2) is 10.1 Å². The zero-order valence-corrected chi connectivity index (χ0v) is 16.0. The van der Waals surface area contributed by atoms with Crippen molar-refractivity contribution in [3.8, 4) is 11.4 Å². The highest BCUT2D eigenvalue weighted by Gasteiger charge is 2.36. The molecule has 2 heterocycles. The first-order valence-corrected chi connectivity index (χ1v) is 9.35. The molecule has 0 aliphatic carbocycles. The molecule has 1 amide bonds. The highest BCUT2D eigenvalue weighted by Crippen LogP contribution is 2.38. The van der Waals surface area contributed by atoms with E-state index in [1.54, 1.807) is 30.3 Å². The van der Waals surface area contributed by atoms with E-state index in [1.807, 2.05) is 0 Å². The minimum absolute atomic E-state index is 0.0823. The van der Waals surface area contributed by atoms with E-state index in [0.29, 0.717) is 10.7 Å². The fourth-order valence-corrected chi connectivity index (χ4v) is 3.98. The fraction of sp³-hybridized carbons (Fsp3) is 0.0556. The maximum atomic E-state index is 13.0. The maximum absolute atomic E-state index is 13.0. The van der Waals surface area contributed by atoms with E-state index < -0.39 is 17.6 Å². The number of nitrogens with one attached hydrogen (secondary N) is 1. The molecule has 0 saturated carbocycles. The number of halogens is 3. The van der Waals surface area contributed by atoms with Gasteiger partial charge in [-0.1, -0.05) is 54.3 Å². The quantitative estimate of drug-likeness (QED) is 0.491. The molecule has 0 atom stereocenters. The summed E-state index contributed by atoms with van der Waals surface area (Å²) in [5, 5.41) is 13.5. The number of rotatable bonds is 3. The Bertz CT molecular complexity index is 1110. The summed E-state index contributed by atoms with van der Waals surface area (Å²) in [6.07, 6.45) is -2.87. The molecule has 4 rings (SSSR count). The number of thioether (sulfide) groups is 1. The number of carbonyl (C=O) groups excluding carboxylic acids is 1. The zero-order valence-electron chi connectivity index (χ0n) is 14.3. The third kappa shape index (κ3) is 3.91. The molecule has 1 aromatic heterocycles. The summed E-state index contributed by atoms with van der Waals surface area (Å²) in [4.78, 5) is 14.2. The second-order valence-electron chi connectivity index (χ2n) is 5.94. The summed E-state index contributed by atoms with van der Waals surface area (Å²) >= 11 is 6.26. The number of aromatic amines is 1. The van der Waals surface area contributed by atoms with Crippen LogP contribution in [-0.4, -0.2) is 30.9 Å². The third-order valence-corrected chi connectivity index (χ3v) is 5.35. The number of aromatic nitrogens is 4. The van der Waals surface area contributed by atoms with E-state index in [-0.39, 0.29) is 10.0 Å². The summed E-state index contributed by atoms with van der Waals surface area (Å²) in [7, 11) is 0. The summed E-state index contributed by atoms with van der Waals surface area (Å²) in [6.45, 7) is 0. The molecule has 1 N–H and O–H groups in total. The smallest absolute Gasteiger partial charge is 0.268 e. The van der Waals surface area contributed by atoms with E-state index in [9.17, 15) is 18.0 Å². The van der Waals surface area contributed by atoms with Crippen LogP contribution in [0.2, 0.25) is 0 Å². The predicted octanol–water partition coefficient (Wildman–Crippen LogP) is 4.29. The van der Waals surface area contributed by atoms with Crippen molar-refractivity contribution in [2.45, 2.75) is 6.18 Å². The normalized spacial score (nSPS) is 16.1. The van der Waals surface area contributed by atoms with Gasteiger partial charge in [0.1, 0.15) is 0 Å². The number of H-pyrrole nitrogens is 1. The van der Waals surface area contributed by atoms with Crippen molar-refractivity contribution in [1.82, 2.24) is 20.6 Å². The molecule has 0 bridgehead atoms. The molecule has 3 aromatic rings. The number of thiocarbonyl (C=S) groups is 1. The molecule has 1 aliphatic heterocycles. The van der Waals surface area contributed by atoms with Gasteiger partial charge in [-0.15, -0.1) is 5.10 Å². The van der Waals surface area contributed by atoms with Gasteiger partial charge in [-0.2, -0.15) is 13.2 Å². The molecule has 146 valence electrons. The minimum atomic E-state index is -4.51. The van der Waals surface area contributed by atoms with Crippen molar-refractivity contribution in [2.75, 3.05) is 4.90 Å². The van der Waals surface area contributed by atoms with E-state index in [2.05, 4.69) is 20.6 Å².